The van der Waals surface area contributed by atoms with Crippen molar-refractivity contribution in [2.45, 2.75) is 19.3 Å². The van der Waals surface area contributed by atoms with Gasteiger partial charge < -0.3 is 5.32 Å². The van der Waals surface area contributed by atoms with Crippen LogP contribution in [-0.2, 0) is 4.79 Å². The molecule has 1 amide bonds. The van der Waals surface area contributed by atoms with Crippen molar-refractivity contribution in [3.63, 3.8) is 0 Å². The SMILES string of the molecule is Cc1sc(NC(=O)C2CC2c2ccccc2F)nc1-c1ccc(F)cc1. The minimum atomic E-state index is -0.303. The number of rotatable bonds is 4. The molecule has 2 atom stereocenters. The number of nitrogens with one attached hydrogen (secondary N) is 1. The number of nitrogens with zero attached hydrogens (tertiary/aromatic N) is 1. The molecule has 1 aromatic heterocycles. The highest BCUT2D eigenvalue weighted by Crippen LogP contribution is 2.49. The second-order valence-corrected chi connectivity index (χ2v) is 7.59. The zero-order chi connectivity index (χ0) is 18.3. The first-order chi connectivity index (χ1) is 12.5. The quantitative estimate of drug-likeness (QED) is 0.691. The lowest BCUT2D eigenvalue weighted by Crippen LogP contribution is -2.14. The van der Waals surface area contributed by atoms with E-state index in [9.17, 15) is 13.6 Å². The highest BCUT2D eigenvalue weighted by molar-refractivity contribution is 7.16. The van der Waals surface area contributed by atoms with E-state index in [-0.39, 0.29) is 29.4 Å². The Morgan fingerprint density at radius 2 is 1.88 bits per heavy atom. The number of hydrogen-bond donors (Lipinski definition) is 1. The molecule has 0 bridgehead atoms. The maximum absolute atomic E-state index is 13.8. The highest BCUT2D eigenvalue weighted by atomic mass is 32.1. The van der Waals surface area contributed by atoms with Crippen LogP contribution in [0.25, 0.3) is 11.3 Å². The number of hydrogen-bond acceptors (Lipinski definition) is 3. The number of carbonyl (C=O) groups excluding carboxylic acids is 1. The van der Waals surface area contributed by atoms with Gasteiger partial charge in [0.25, 0.3) is 0 Å². The summed E-state index contributed by atoms with van der Waals surface area (Å²) in [4.78, 5) is 17.9. The summed E-state index contributed by atoms with van der Waals surface area (Å²) >= 11 is 1.38. The van der Waals surface area contributed by atoms with Crippen LogP contribution in [0.4, 0.5) is 13.9 Å². The molecule has 1 aliphatic rings. The Morgan fingerprint density at radius 1 is 1.15 bits per heavy atom. The Hall–Kier alpha value is -2.60. The van der Waals surface area contributed by atoms with Crippen LogP contribution in [0.2, 0.25) is 0 Å². The van der Waals surface area contributed by atoms with Crippen molar-refractivity contribution < 1.29 is 13.6 Å². The van der Waals surface area contributed by atoms with Gasteiger partial charge in [-0.25, -0.2) is 13.8 Å². The first-order valence-corrected chi connectivity index (χ1v) is 9.13. The molecule has 4 rings (SSSR count). The van der Waals surface area contributed by atoms with Gasteiger partial charge >= 0.3 is 0 Å². The van der Waals surface area contributed by atoms with E-state index in [0.717, 1.165) is 16.1 Å². The van der Waals surface area contributed by atoms with Gasteiger partial charge in [0.2, 0.25) is 5.91 Å². The van der Waals surface area contributed by atoms with Crippen molar-refractivity contribution in [2.75, 3.05) is 5.32 Å². The topological polar surface area (TPSA) is 42.0 Å². The lowest BCUT2D eigenvalue weighted by atomic mass is 10.1. The zero-order valence-corrected chi connectivity index (χ0v) is 14.8. The van der Waals surface area contributed by atoms with Crippen molar-refractivity contribution in [2.24, 2.45) is 5.92 Å². The van der Waals surface area contributed by atoms with E-state index in [1.807, 2.05) is 6.92 Å². The summed E-state index contributed by atoms with van der Waals surface area (Å²) in [6.45, 7) is 1.91. The molecule has 6 heteroatoms. The first-order valence-electron chi connectivity index (χ1n) is 8.31. The summed E-state index contributed by atoms with van der Waals surface area (Å²) in [6.07, 6.45) is 0.641. The van der Waals surface area contributed by atoms with E-state index in [4.69, 9.17) is 0 Å². The number of aryl methyl sites for hydroxylation is 1. The number of aromatic nitrogens is 1. The number of amides is 1. The fourth-order valence-electron chi connectivity index (χ4n) is 3.13. The zero-order valence-electron chi connectivity index (χ0n) is 14.0. The molecule has 3 aromatic rings. The van der Waals surface area contributed by atoms with Gasteiger partial charge in [0, 0.05) is 16.4 Å². The summed E-state index contributed by atoms with van der Waals surface area (Å²) in [5.74, 6) is -1.02. The van der Waals surface area contributed by atoms with Crippen molar-refractivity contribution in [1.29, 1.82) is 0 Å². The van der Waals surface area contributed by atoms with Crippen molar-refractivity contribution in [3.8, 4) is 11.3 Å². The van der Waals surface area contributed by atoms with E-state index in [2.05, 4.69) is 10.3 Å². The van der Waals surface area contributed by atoms with E-state index in [1.54, 1.807) is 30.3 Å². The molecule has 2 unspecified atom stereocenters. The van der Waals surface area contributed by atoms with Gasteiger partial charge in [0.1, 0.15) is 11.6 Å². The number of benzene rings is 2. The summed E-state index contributed by atoms with van der Waals surface area (Å²) < 4.78 is 26.9. The maximum Gasteiger partial charge on any atom is 0.229 e. The van der Waals surface area contributed by atoms with Gasteiger partial charge in [-0.2, -0.15) is 0 Å². The highest BCUT2D eigenvalue weighted by Gasteiger charge is 2.45. The Labute approximate surface area is 153 Å². The third-order valence-corrected chi connectivity index (χ3v) is 5.46. The average molecular weight is 370 g/mol. The molecule has 0 spiro atoms. The van der Waals surface area contributed by atoms with Crippen molar-refractivity contribution >= 4 is 22.4 Å². The number of thiazole rings is 1. The number of halogens is 2. The Bertz CT molecular complexity index is 968. The molecule has 0 saturated heterocycles. The third-order valence-electron chi connectivity index (χ3n) is 4.58. The molecule has 1 fully saturated rings. The van der Waals surface area contributed by atoms with Gasteiger partial charge in [0.15, 0.2) is 5.13 Å². The second-order valence-electron chi connectivity index (χ2n) is 6.39. The standard InChI is InChI=1S/C20H16F2N2OS/c1-11-18(12-6-8-13(21)9-7-12)23-20(26-11)24-19(25)16-10-15(16)14-4-2-3-5-17(14)22/h2-9,15-16H,10H2,1H3,(H,23,24,25). The fourth-order valence-corrected chi connectivity index (χ4v) is 3.97. The Morgan fingerprint density at radius 3 is 2.62 bits per heavy atom. The molecule has 132 valence electrons. The van der Waals surface area contributed by atoms with E-state index in [1.165, 1.54) is 29.5 Å². The van der Waals surface area contributed by atoms with Gasteiger partial charge in [-0.1, -0.05) is 18.2 Å². The van der Waals surface area contributed by atoms with E-state index < -0.39 is 0 Å². The van der Waals surface area contributed by atoms with Crippen LogP contribution in [0.15, 0.2) is 48.5 Å². The van der Waals surface area contributed by atoms with Gasteiger partial charge in [0.05, 0.1) is 5.69 Å². The van der Waals surface area contributed by atoms with E-state index in [0.29, 0.717) is 17.1 Å². The molecule has 0 aliphatic heterocycles. The molecule has 1 N–H and O–H groups in total. The van der Waals surface area contributed by atoms with Crippen molar-refractivity contribution in [3.05, 3.63) is 70.6 Å². The molecule has 0 radical (unpaired) electrons. The van der Waals surface area contributed by atoms with Gasteiger partial charge in [-0.05, 0) is 55.2 Å². The maximum atomic E-state index is 13.8. The summed E-state index contributed by atoms with van der Waals surface area (Å²) in [5.41, 5.74) is 2.12. The molecule has 3 nitrogen and oxygen atoms in total. The minimum absolute atomic E-state index is 0.0752. The first kappa shape index (κ1) is 16.8. The predicted molar refractivity (Wildman–Crippen MR) is 98.1 cm³/mol. The molecule has 1 aliphatic carbocycles. The van der Waals surface area contributed by atoms with Crippen LogP contribution >= 0.6 is 11.3 Å². The monoisotopic (exact) mass is 370 g/mol. The Kier molecular flexibility index (Phi) is 4.28. The van der Waals surface area contributed by atoms with Gasteiger partial charge in [-0.15, -0.1) is 11.3 Å². The third kappa shape index (κ3) is 3.24. The smallest absolute Gasteiger partial charge is 0.229 e. The predicted octanol–water partition coefficient (Wildman–Crippen LogP) is 5.14. The summed E-state index contributed by atoms with van der Waals surface area (Å²) in [5, 5.41) is 3.34. The number of carbonyl (C=O) groups is 1. The van der Waals surface area contributed by atoms with Crippen LogP contribution in [0, 0.1) is 24.5 Å². The molecule has 2 aromatic carbocycles. The lowest BCUT2D eigenvalue weighted by molar-refractivity contribution is -0.117. The summed E-state index contributed by atoms with van der Waals surface area (Å²) in [6, 6.07) is 12.7. The van der Waals surface area contributed by atoms with Crippen LogP contribution in [0.5, 0.6) is 0 Å². The summed E-state index contributed by atoms with van der Waals surface area (Å²) in [7, 11) is 0. The molecule has 1 saturated carbocycles. The van der Waals surface area contributed by atoms with Crippen LogP contribution in [-0.4, -0.2) is 10.9 Å². The number of anilines is 1. The molecular formula is C20H16F2N2OS. The molecular weight excluding hydrogens is 354 g/mol. The lowest BCUT2D eigenvalue weighted by Gasteiger charge is -2.03. The molecule has 26 heavy (non-hydrogen) atoms. The van der Waals surface area contributed by atoms with Crippen molar-refractivity contribution in [1.82, 2.24) is 4.98 Å². The van der Waals surface area contributed by atoms with Crippen LogP contribution in [0.3, 0.4) is 0 Å². The largest absolute Gasteiger partial charge is 0.302 e. The van der Waals surface area contributed by atoms with Gasteiger partial charge in [-0.3, -0.25) is 4.79 Å². The average Bonchev–Trinajstić information content (AvgIpc) is 3.33. The van der Waals surface area contributed by atoms with Crippen LogP contribution < -0.4 is 5.32 Å². The van der Waals surface area contributed by atoms with Crippen LogP contribution in [0.1, 0.15) is 22.8 Å². The normalized spacial score (nSPS) is 18.6. The second kappa shape index (κ2) is 6.61. The Balaban J connectivity index is 1.47. The molecule has 1 heterocycles. The van der Waals surface area contributed by atoms with E-state index >= 15 is 0 Å². The minimum Gasteiger partial charge on any atom is -0.302 e. The fraction of sp³-hybridized carbons (Fsp3) is 0.200.